The molecule has 1 aliphatic carbocycles. The molecule has 0 amide bonds. The SMILES string of the molecule is CC(=O)O[C@@H]1CCC=C[C@H]1NCc1ccccc1. The van der Waals surface area contributed by atoms with Crippen LogP contribution < -0.4 is 5.32 Å². The van der Waals surface area contributed by atoms with Gasteiger partial charge in [0.05, 0.1) is 6.04 Å². The van der Waals surface area contributed by atoms with Gasteiger partial charge in [-0.2, -0.15) is 0 Å². The van der Waals surface area contributed by atoms with Gasteiger partial charge in [0.1, 0.15) is 6.10 Å². The van der Waals surface area contributed by atoms with Gasteiger partial charge in [0, 0.05) is 13.5 Å². The van der Waals surface area contributed by atoms with Gasteiger partial charge in [-0.1, -0.05) is 42.5 Å². The second kappa shape index (κ2) is 6.36. The van der Waals surface area contributed by atoms with Crippen LogP contribution in [0.4, 0.5) is 0 Å². The molecule has 0 unspecified atom stereocenters. The molecule has 0 saturated carbocycles. The summed E-state index contributed by atoms with van der Waals surface area (Å²) < 4.78 is 5.34. The minimum Gasteiger partial charge on any atom is -0.461 e. The average molecular weight is 245 g/mol. The molecular formula is C15H19NO2. The molecule has 3 heteroatoms. The number of carbonyl (C=O) groups excluding carboxylic acids is 1. The maximum atomic E-state index is 11.1. The summed E-state index contributed by atoms with van der Waals surface area (Å²) in [6.07, 6.45) is 6.06. The van der Waals surface area contributed by atoms with E-state index in [1.165, 1.54) is 12.5 Å². The normalized spacial score (nSPS) is 22.7. The summed E-state index contributed by atoms with van der Waals surface area (Å²) in [5, 5.41) is 3.43. The highest BCUT2D eigenvalue weighted by molar-refractivity contribution is 5.66. The number of nitrogens with one attached hydrogen (secondary N) is 1. The van der Waals surface area contributed by atoms with Crippen molar-refractivity contribution in [2.24, 2.45) is 0 Å². The molecule has 3 nitrogen and oxygen atoms in total. The first kappa shape index (κ1) is 12.8. The minimum atomic E-state index is -0.207. The second-order valence-electron chi connectivity index (χ2n) is 4.55. The highest BCUT2D eigenvalue weighted by Gasteiger charge is 2.23. The molecule has 0 bridgehead atoms. The van der Waals surface area contributed by atoms with Gasteiger partial charge in [-0.15, -0.1) is 0 Å². The van der Waals surface area contributed by atoms with E-state index >= 15 is 0 Å². The Kier molecular flexibility index (Phi) is 4.53. The Labute approximate surface area is 108 Å². The Morgan fingerprint density at radius 3 is 2.89 bits per heavy atom. The fourth-order valence-electron chi connectivity index (χ4n) is 2.18. The van der Waals surface area contributed by atoms with E-state index in [2.05, 4.69) is 29.6 Å². The van der Waals surface area contributed by atoms with Crippen LogP contribution in [0.25, 0.3) is 0 Å². The maximum Gasteiger partial charge on any atom is 0.302 e. The Morgan fingerprint density at radius 1 is 1.39 bits per heavy atom. The second-order valence-corrected chi connectivity index (χ2v) is 4.55. The predicted octanol–water partition coefficient (Wildman–Crippen LogP) is 2.43. The molecule has 1 aliphatic rings. The molecular weight excluding hydrogens is 226 g/mol. The number of carbonyl (C=O) groups is 1. The Bertz CT molecular complexity index is 414. The Morgan fingerprint density at radius 2 is 2.17 bits per heavy atom. The van der Waals surface area contributed by atoms with Crippen LogP contribution in [0.15, 0.2) is 42.5 Å². The summed E-state index contributed by atoms with van der Waals surface area (Å²) >= 11 is 0. The molecule has 1 aromatic rings. The number of hydrogen-bond acceptors (Lipinski definition) is 3. The zero-order chi connectivity index (χ0) is 12.8. The van der Waals surface area contributed by atoms with E-state index < -0.39 is 0 Å². The highest BCUT2D eigenvalue weighted by Crippen LogP contribution is 2.16. The summed E-state index contributed by atoms with van der Waals surface area (Å²) in [6, 6.07) is 10.3. The molecule has 0 heterocycles. The predicted molar refractivity (Wildman–Crippen MR) is 71.0 cm³/mol. The fraction of sp³-hybridized carbons (Fsp3) is 0.400. The van der Waals surface area contributed by atoms with Crippen LogP contribution in [-0.4, -0.2) is 18.1 Å². The largest absolute Gasteiger partial charge is 0.461 e. The van der Waals surface area contributed by atoms with Crippen molar-refractivity contribution in [3.63, 3.8) is 0 Å². The molecule has 0 saturated heterocycles. The Balaban J connectivity index is 1.91. The summed E-state index contributed by atoms with van der Waals surface area (Å²) in [4.78, 5) is 11.1. The van der Waals surface area contributed by atoms with Gasteiger partial charge in [0.25, 0.3) is 0 Å². The molecule has 1 aromatic carbocycles. The summed E-state index contributed by atoms with van der Waals surface area (Å²) in [7, 11) is 0. The molecule has 1 N–H and O–H groups in total. The van der Waals surface area contributed by atoms with Gasteiger partial charge >= 0.3 is 5.97 Å². The summed E-state index contributed by atoms with van der Waals surface area (Å²) in [6.45, 7) is 2.25. The van der Waals surface area contributed by atoms with Crippen molar-refractivity contribution >= 4 is 5.97 Å². The van der Waals surface area contributed by atoms with Crippen molar-refractivity contribution in [2.75, 3.05) is 0 Å². The van der Waals surface area contributed by atoms with E-state index in [4.69, 9.17) is 4.74 Å². The van der Waals surface area contributed by atoms with E-state index in [-0.39, 0.29) is 18.1 Å². The zero-order valence-electron chi connectivity index (χ0n) is 10.6. The third kappa shape index (κ3) is 3.70. The minimum absolute atomic E-state index is 0.0452. The molecule has 2 atom stereocenters. The van der Waals surface area contributed by atoms with Gasteiger partial charge in [-0.25, -0.2) is 0 Å². The van der Waals surface area contributed by atoms with Crippen LogP contribution in [0, 0.1) is 0 Å². The third-order valence-corrected chi connectivity index (χ3v) is 3.06. The van der Waals surface area contributed by atoms with Crippen molar-refractivity contribution in [3.8, 4) is 0 Å². The molecule has 0 fully saturated rings. The number of rotatable bonds is 4. The molecule has 0 aromatic heterocycles. The van der Waals surface area contributed by atoms with Crippen LogP contribution in [0.1, 0.15) is 25.3 Å². The maximum absolute atomic E-state index is 11.1. The Hall–Kier alpha value is -1.61. The van der Waals surface area contributed by atoms with Crippen molar-refractivity contribution in [1.82, 2.24) is 5.32 Å². The number of benzene rings is 1. The fourth-order valence-corrected chi connectivity index (χ4v) is 2.18. The van der Waals surface area contributed by atoms with Crippen LogP contribution in [0.3, 0.4) is 0 Å². The molecule has 96 valence electrons. The van der Waals surface area contributed by atoms with Crippen LogP contribution >= 0.6 is 0 Å². The molecule has 0 aliphatic heterocycles. The van der Waals surface area contributed by atoms with Gasteiger partial charge in [0.15, 0.2) is 0 Å². The molecule has 18 heavy (non-hydrogen) atoms. The van der Waals surface area contributed by atoms with Crippen molar-refractivity contribution < 1.29 is 9.53 Å². The van der Waals surface area contributed by atoms with E-state index in [1.807, 2.05) is 18.2 Å². The van der Waals surface area contributed by atoms with Crippen molar-refractivity contribution in [3.05, 3.63) is 48.0 Å². The van der Waals surface area contributed by atoms with Crippen LogP contribution in [0.2, 0.25) is 0 Å². The first-order valence-electron chi connectivity index (χ1n) is 6.37. The number of ether oxygens (including phenoxy) is 1. The first-order chi connectivity index (χ1) is 8.75. The zero-order valence-corrected chi connectivity index (χ0v) is 10.6. The molecule has 0 spiro atoms. The lowest BCUT2D eigenvalue weighted by atomic mass is 9.99. The average Bonchev–Trinajstić information content (AvgIpc) is 2.38. The monoisotopic (exact) mass is 245 g/mol. The lowest BCUT2D eigenvalue weighted by Crippen LogP contribution is -2.41. The van der Waals surface area contributed by atoms with Crippen LogP contribution in [-0.2, 0) is 16.1 Å². The number of esters is 1. The van der Waals surface area contributed by atoms with E-state index in [0.29, 0.717) is 0 Å². The highest BCUT2D eigenvalue weighted by atomic mass is 16.5. The third-order valence-electron chi connectivity index (χ3n) is 3.06. The van der Waals surface area contributed by atoms with E-state index in [1.54, 1.807) is 0 Å². The lowest BCUT2D eigenvalue weighted by Gasteiger charge is -2.28. The number of hydrogen-bond donors (Lipinski definition) is 1. The quantitative estimate of drug-likeness (QED) is 0.654. The first-order valence-corrected chi connectivity index (χ1v) is 6.37. The van der Waals surface area contributed by atoms with E-state index in [9.17, 15) is 4.79 Å². The smallest absolute Gasteiger partial charge is 0.302 e. The molecule has 2 rings (SSSR count). The topological polar surface area (TPSA) is 38.3 Å². The van der Waals surface area contributed by atoms with Gasteiger partial charge < -0.3 is 10.1 Å². The van der Waals surface area contributed by atoms with Gasteiger partial charge in [-0.05, 0) is 18.4 Å². The van der Waals surface area contributed by atoms with Gasteiger partial charge in [-0.3, -0.25) is 4.79 Å². The van der Waals surface area contributed by atoms with Crippen molar-refractivity contribution in [1.29, 1.82) is 0 Å². The summed E-state index contributed by atoms with van der Waals surface area (Å²) in [5.74, 6) is -0.207. The van der Waals surface area contributed by atoms with E-state index in [0.717, 1.165) is 19.4 Å². The molecule has 0 radical (unpaired) electrons. The number of allylic oxidation sites excluding steroid dienone is 1. The van der Waals surface area contributed by atoms with Crippen LogP contribution in [0.5, 0.6) is 0 Å². The standard InChI is InChI=1S/C15H19NO2/c1-12(17)18-15-10-6-5-9-14(15)16-11-13-7-3-2-4-8-13/h2-5,7-9,14-16H,6,10-11H2,1H3/t14-,15-/m1/s1. The van der Waals surface area contributed by atoms with Gasteiger partial charge in [0.2, 0.25) is 0 Å². The summed E-state index contributed by atoms with van der Waals surface area (Å²) in [5.41, 5.74) is 1.23. The van der Waals surface area contributed by atoms with Crippen molar-refractivity contribution in [2.45, 2.75) is 38.5 Å². The lowest BCUT2D eigenvalue weighted by molar-refractivity contribution is -0.147.